The molecule has 1 aromatic heterocycles. The van der Waals surface area contributed by atoms with Gasteiger partial charge in [0.25, 0.3) is 11.8 Å². The topological polar surface area (TPSA) is 71.4 Å². The quantitative estimate of drug-likeness (QED) is 0.553. The van der Waals surface area contributed by atoms with E-state index in [0.717, 1.165) is 38.3 Å². The van der Waals surface area contributed by atoms with Crippen LogP contribution in [0.15, 0.2) is 54.1 Å². The molecular weight excluding hydrogens is 354 g/mol. The third-order valence-electron chi connectivity index (χ3n) is 5.07. The van der Waals surface area contributed by atoms with Crippen LogP contribution in [0.3, 0.4) is 0 Å². The number of hydrogen-bond acceptors (Lipinski definition) is 3. The fourth-order valence-electron chi connectivity index (χ4n) is 3.55. The lowest BCUT2D eigenvalue weighted by Gasteiger charge is -2.22. The molecular formula is C22H19N3O3. The number of aryl methyl sites for hydroxylation is 1. The fourth-order valence-corrected chi connectivity index (χ4v) is 3.55. The van der Waals surface area contributed by atoms with Crippen molar-refractivity contribution in [1.29, 1.82) is 0 Å². The summed E-state index contributed by atoms with van der Waals surface area (Å²) in [6.45, 7) is 3.91. The third-order valence-corrected chi connectivity index (χ3v) is 5.07. The predicted molar refractivity (Wildman–Crippen MR) is 107 cm³/mol. The number of benzene rings is 2. The average Bonchev–Trinajstić information content (AvgIpc) is 2.96. The molecule has 1 aliphatic rings. The lowest BCUT2D eigenvalue weighted by Crippen LogP contribution is -2.52. The van der Waals surface area contributed by atoms with E-state index in [1.54, 1.807) is 6.08 Å². The van der Waals surface area contributed by atoms with Crippen LogP contribution in [0.4, 0.5) is 4.79 Å². The molecule has 2 aromatic carbocycles. The third kappa shape index (κ3) is 2.79. The lowest BCUT2D eigenvalue weighted by atomic mass is 10.1. The van der Waals surface area contributed by atoms with Crippen molar-refractivity contribution in [1.82, 2.24) is 14.8 Å². The van der Waals surface area contributed by atoms with Gasteiger partial charge in [-0.15, -0.1) is 0 Å². The first-order valence-electron chi connectivity index (χ1n) is 8.90. The number of fused-ring (bicyclic) bond motifs is 1. The van der Waals surface area contributed by atoms with Crippen LogP contribution < -0.4 is 5.32 Å². The summed E-state index contributed by atoms with van der Waals surface area (Å²) in [7, 11) is 1.34. The predicted octanol–water partition coefficient (Wildman–Crippen LogP) is 3.34. The Morgan fingerprint density at radius 2 is 1.64 bits per heavy atom. The fraction of sp³-hybridized carbons (Fsp3) is 0.136. The van der Waals surface area contributed by atoms with Crippen LogP contribution in [-0.4, -0.2) is 34.4 Å². The van der Waals surface area contributed by atoms with E-state index in [-0.39, 0.29) is 5.57 Å². The van der Waals surface area contributed by atoms with Gasteiger partial charge in [-0.05, 0) is 54.5 Å². The van der Waals surface area contributed by atoms with Gasteiger partial charge in [-0.25, -0.2) is 4.79 Å². The Bertz CT molecular complexity index is 1190. The Hall–Kier alpha value is -3.67. The molecule has 0 radical (unpaired) electrons. The summed E-state index contributed by atoms with van der Waals surface area (Å²) < 4.78 is 2.08. The molecule has 6 nitrogen and oxygen atoms in total. The molecule has 0 spiro atoms. The van der Waals surface area contributed by atoms with Gasteiger partial charge in [0.15, 0.2) is 0 Å². The summed E-state index contributed by atoms with van der Waals surface area (Å²) in [5.41, 5.74) is 3.59. The number of barbiturate groups is 1. The second-order valence-corrected chi connectivity index (χ2v) is 6.87. The lowest BCUT2D eigenvalue weighted by molar-refractivity contribution is -0.129. The van der Waals surface area contributed by atoms with Crippen molar-refractivity contribution in [2.45, 2.75) is 13.8 Å². The minimum atomic E-state index is -0.714. The van der Waals surface area contributed by atoms with Crippen LogP contribution in [0.2, 0.25) is 0 Å². The van der Waals surface area contributed by atoms with E-state index in [1.807, 2.05) is 38.1 Å². The molecule has 140 valence electrons. The minimum absolute atomic E-state index is 0.0548. The highest BCUT2D eigenvalue weighted by Gasteiger charge is 2.33. The van der Waals surface area contributed by atoms with Crippen molar-refractivity contribution in [2.75, 3.05) is 7.05 Å². The van der Waals surface area contributed by atoms with E-state index >= 15 is 0 Å². The van der Waals surface area contributed by atoms with Crippen molar-refractivity contribution >= 4 is 34.7 Å². The monoisotopic (exact) mass is 373 g/mol. The number of nitrogens with zero attached hydrogens (tertiary/aromatic N) is 2. The molecule has 1 N–H and O–H groups in total. The number of rotatable bonds is 2. The van der Waals surface area contributed by atoms with Gasteiger partial charge in [0.05, 0.1) is 0 Å². The first-order valence-corrected chi connectivity index (χ1v) is 8.90. The number of urea groups is 1. The highest BCUT2D eigenvalue weighted by Crippen LogP contribution is 2.26. The van der Waals surface area contributed by atoms with Gasteiger partial charge in [-0.2, -0.15) is 0 Å². The van der Waals surface area contributed by atoms with Gasteiger partial charge in [0, 0.05) is 24.1 Å². The van der Waals surface area contributed by atoms with Gasteiger partial charge in [-0.1, -0.05) is 30.3 Å². The van der Waals surface area contributed by atoms with Crippen molar-refractivity contribution < 1.29 is 14.4 Å². The van der Waals surface area contributed by atoms with E-state index in [0.29, 0.717) is 0 Å². The molecule has 0 aliphatic carbocycles. The molecule has 0 saturated carbocycles. The molecule has 6 heteroatoms. The van der Waals surface area contributed by atoms with Crippen LogP contribution in [0.25, 0.3) is 22.5 Å². The first kappa shape index (κ1) is 17.7. The minimum Gasteiger partial charge on any atom is -0.318 e. The van der Waals surface area contributed by atoms with Crippen LogP contribution in [0.1, 0.15) is 17.0 Å². The maximum absolute atomic E-state index is 12.3. The molecule has 0 atom stereocenters. The molecule has 28 heavy (non-hydrogen) atoms. The zero-order chi connectivity index (χ0) is 20.0. The Labute approximate surface area is 162 Å². The number of likely N-dealkylation sites (N-methyl/N-ethyl adjacent to an activating group) is 1. The zero-order valence-electron chi connectivity index (χ0n) is 15.8. The first-order chi connectivity index (χ1) is 13.4. The number of carbonyl (C=O) groups is 3. The molecule has 0 bridgehead atoms. The summed E-state index contributed by atoms with van der Waals surface area (Å²) in [4.78, 5) is 36.9. The van der Waals surface area contributed by atoms with Crippen molar-refractivity contribution in [3.8, 4) is 5.69 Å². The largest absolute Gasteiger partial charge is 0.331 e. The standard InChI is InChI=1S/C22H19N3O3/c1-13-10-17(12-19-20(26)23-22(28)24(3)21(19)27)14(2)25(13)18-9-8-15-6-4-5-7-16(15)11-18/h4-12H,1-3H3,(H,23,26,28)/b19-12-. The average molecular weight is 373 g/mol. The second kappa shape index (κ2) is 6.49. The van der Waals surface area contributed by atoms with Crippen LogP contribution >= 0.6 is 0 Å². The maximum Gasteiger partial charge on any atom is 0.331 e. The Morgan fingerprint density at radius 3 is 2.39 bits per heavy atom. The number of aromatic nitrogens is 1. The maximum atomic E-state index is 12.3. The Morgan fingerprint density at radius 1 is 0.929 bits per heavy atom. The molecule has 2 heterocycles. The number of hydrogen-bond donors (Lipinski definition) is 1. The van der Waals surface area contributed by atoms with Crippen molar-refractivity contribution in [3.63, 3.8) is 0 Å². The van der Waals surface area contributed by atoms with E-state index in [2.05, 4.69) is 34.1 Å². The van der Waals surface area contributed by atoms with Gasteiger partial charge < -0.3 is 4.57 Å². The molecule has 4 rings (SSSR count). The summed E-state index contributed by atoms with van der Waals surface area (Å²) in [6.07, 6.45) is 1.54. The smallest absolute Gasteiger partial charge is 0.318 e. The van der Waals surface area contributed by atoms with Crippen LogP contribution in [0, 0.1) is 13.8 Å². The highest BCUT2D eigenvalue weighted by molar-refractivity contribution is 6.30. The summed E-state index contributed by atoms with van der Waals surface area (Å²) in [6, 6.07) is 15.6. The number of amides is 4. The van der Waals surface area contributed by atoms with Gasteiger partial charge in [0.1, 0.15) is 5.57 Å². The van der Waals surface area contributed by atoms with Gasteiger partial charge in [-0.3, -0.25) is 19.8 Å². The highest BCUT2D eigenvalue weighted by atomic mass is 16.2. The van der Waals surface area contributed by atoms with Crippen LogP contribution in [-0.2, 0) is 9.59 Å². The Balaban J connectivity index is 1.80. The molecule has 4 amide bonds. The van der Waals surface area contributed by atoms with Gasteiger partial charge in [0.2, 0.25) is 0 Å². The molecule has 1 saturated heterocycles. The molecule has 1 fully saturated rings. The van der Waals surface area contributed by atoms with E-state index in [9.17, 15) is 14.4 Å². The molecule has 3 aromatic rings. The summed E-state index contributed by atoms with van der Waals surface area (Å²) in [5.74, 6) is -1.28. The number of carbonyl (C=O) groups excluding carboxylic acids is 3. The van der Waals surface area contributed by atoms with Crippen molar-refractivity contribution in [3.05, 3.63) is 71.1 Å². The van der Waals surface area contributed by atoms with E-state index < -0.39 is 17.8 Å². The Kier molecular flexibility index (Phi) is 4.11. The zero-order valence-corrected chi connectivity index (χ0v) is 15.8. The van der Waals surface area contributed by atoms with E-state index in [1.165, 1.54) is 7.05 Å². The van der Waals surface area contributed by atoms with Crippen molar-refractivity contribution in [2.24, 2.45) is 0 Å². The van der Waals surface area contributed by atoms with Gasteiger partial charge >= 0.3 is 6.03 Å². The SMILES string of the molecule is Cc1cc(/C=C2/C(=O)NC(=O)N(C)C2=O)c(C)n1-c1ccc2ccccc2c1. The number of imide groups is 2. The number of nitrogens with one attached hydrogen (secondary N) is 1. The molecule has 1 aliphatic heterocycles. The van der Waals surface area contributed by atoms with E-state index in [4.69, 9.17) is 0 Å². The summed E-state index contributed by atoms with van der Waals surface area (Å²) in [5, 5.41) is 4.47. The summed E-state index contributed by atoms with van der Waals surface area (Å²) >= 11 is 0. The van der Waals surface area contributed by atoms with Crippen LogP contribution in [0.5, 0.6) is 0 Å². The molecule has 0 unspecified atom stereocenters. The normalized spacial score (nSPS) is 16.2. The second-order valence-electron chi connectivity index (χ2n) is 6.87.